The number of rotatable bonds is 1. The fourth-order valence-electron chi connectivity index (χ4n) is 1.65. The Morgan fingerprint density at radius 3 is 2.73 bits per heavy atom. The Kier molecular flexibility index (Phi) is 2.64. The van der Waals surface area contributed by atoms with E-state index in [1.165, 1.54) is 0 Å². The molecule has 1 aliphatic rings. The third kappa shape index (κ3) is 1.96. The fourth-order valence-corrected chi connectivity index (χ4v) is 2.30. The molecule has 1 heterocycles. The van der Waals surface area contributed by atoms with E-state index in [1.807, 2.05) is 32.0 Å². The first-order valence-corrected chi connectivity index (χ1v) is 5.86. The van der Waals surface area contributed by atoms with E-state index in [0.29, 0.717) is 0 Å². The van der Waals surface area contributed by atoms with Gasteiger partial charge < -0.3 is 5.32 Å². The SMILES string of the molecule is CC1=NC(C)(c2cccc(Br)c2)NC1=S. The van der Waals surface area contributed by atoms with Gasteiger partial charge in [0.15, 0.2) is 5.66 Å². The Balaban J connectivity index is 2.44. The van der Waals surface area contributed by atoms with Crippen molar-refractivity contribution >= 4 is 38.8 Å². The van der Waals surface area contributed by atoms with Gasteiger partial charge in [0.2, 0.25) is 0 Å². The molecule has 1 aromatic rings. The molecule has 1 aliphatic heterocycles. The van der Waals surface area contributed by atoms with Gasteiger partial charge in [0.05, 0.1) is 5.71 Å². The van der Waals surface area contributed by atoms with Crippen LogP contribution in [0.5, 0.6) is 0 Å². The summed E-state index contributed by atoms with van der Waals surface area (Å²) in [4.78, 5) is 5.29. The Morgan fingerprint density at radius 2 is 2.20 bits per heavy atom. The van der Waals surface area contributed by atoms with E-state index >= 15 is 0 Å². The molecule has 2 rings (SSSR count). The summed E-state index contributed by atoms with van der Waals surface area (Å²) in [5, 5.41) is 3.23. The van der Waals surface area contributed by atoms with Crippen LogP contribution in [0.4, 0.5) is 0 Å². The zero-order valence-corrected chi connectivity index (χ0v) is 10.9. The summed E-state index contributed by atoms with van der Waals surface area (Å²) in [7, 11) is 0. The number of nitrogens with zero attached hydrogens (tertiary/aromatic N) is 1. The molecule has 0 fully saturated rings. The number of thiocarbonyl (C=S) groups is 1. The molecular weight excluding hydrogens is 272 g/mol. The van der Waals surface area contributed by atoms with Crippen molar-refractivity contribution in [3.05, 3.63) is 34.3 Å². The van der Waals surface area contributed by atoms with Crippen LogP contribution >= 0.6 is 28.1 Å². The van der Waals surface area contributed by atoms with E-state index < -0.39 is 5.66 Å². The van der Waals surface area contributed by atoms with Crippen molar-refractivity contribution in [2.45, 2.75) is 19.5 Å². The Bertz CT molecular complexity index is 456. The Morgan fingerprint density at radius 1 is 1.47 bits per heavy atom. The lowest BCUT2D eigenvalue weighted by molar-refractivity contribution is 0.480. The highest BCUT2D eigenvalue weighted by atomic mass is 79.9. The van der Waals surface area contributed by atoms with Crippen molar-refractivity contribution in [2.75, 3.05) is 0 Å². The summed E-state index contributed by atoms with van der Waals surface area (Å²) in [6.45, 7) is 3.95. The number of hydrogen-bond acceptors (Lipinski definition) is 2. The molecule has 1 atom stereocenters. The molecule has 0 saturated heterocycles. The summed E-state index contributed by atoms with van der Waals surface area (Å²) in [5.74, 6) is 0. The summed E-state index contributed by atoms with van der Waals surface area (Å²) in [5.41, 5.74) is 1.59. The molecule has 0 spiro atoms. The molecule has 1 unspecified atom stereocenters. The predicted molar refractivity (Wildman–Crippen MR) is 70.3 cm³/mol. The first kappa shape index (κ1) is 10.8. The second-order valence-corrected chi connectivity index (χ2v) is 5.06. The molecule has 0 aliphatic carbocycles. The molecule has 15 heavy (non-hydrogen) atoms. The lowest BCUT2D eigenvalue weighted by atomic mass is 10.0. The molecule has 0 aromatic heterocycles. The van der Waals surface area contributed by atoms with Gasteiger partial charge in [-0.1, -0.05) is 40.3 Å². The second kappa shape index (κ2) is 3.68. The number of nitrogens with one attached hydrogen (secondary N) is 1. The van der Waals surface area contributed by atoms with Crippen LogP contribution in [0, 0.1) is 0 Å². The van der Waals surface area contributed by atoms with Gasteiger partial charge >= 0.3 is 0 Å². The summed E-state index contributed by atoms with van der Waals surface area (Å²) in [6.07, 6.45) is 0. The average molecular weight is 283 g/mol. The van der Waals surface area contributed by atoms with Gasteiger partial charge in [-0.05, 0) is 26.0 Å². The van der Waals surface area contributed by atoms with Crippen molar-refractivity contribution in [2.24, 2.45) is 4.99 Å². The Labute approximate surface area is 103 Å². The van der Waals surface area contributed by atoms with E-state index in [0.717, 1.165) is 20.7 Å². The zero-order chi connectivity index (χ0) is 11.1. The van der Waals surface area contributed by atoms with Crippen LogP contribution in [0.25, 0.3) is 0 Å². The highest BCUT2D eigenvalue weighted by molar-refractivity contribution is 9.10. The molecule has 1 N–H and O–H groups in total. The number of aliphatic imine (C=N–C) groups is 1. The van der Waals surface area contributed by atoms with Crippen LogP contribution in [0.3, 0.4) is 0 Å². The van der Waals surface area contributed by atoms with E-state index in [2.05, 4.69) is 32.3 Å². The minimum atomic E-state index is -0.412. The topological polar surface area (TPSA) is 24.4 Å². The first-order chi connectivity index (χ1) is 7.01. The van der Waals surface area contributed by atoms with Crippen molar-refractivity contribution in [3.8, 4) is 0 Å². The van der Waals surface area contributed by atoms with Gasteiger partial charge in [0.25, 0.3) is 0 Å². The van der Waals surface area contributed by atoms with E-state index in [-0.39, 0.29) is 0 Å². The van der Waals surface area contributed by atoms with Gasteiger partial charge in [-0.25, -0.2) is 0 Å². The van der Waals surface area contributed by atoms with E-state index in [4.69, 9.17) is 12.2 Å². The molecule has 0 saturated carbocycles. The maximum Gasteiger partial charge on any atom is 0.153 e. The third-order valence-corrected chi connectivity index (χ3v) is 3.35. The van der Waals surface area contributed by atoms with Gasteiger partial charge in [-0.3, -0.25) is 4.99 Å². The largest absolute Gasteiger partial charge is 0.347 e. The maximum atomic E-state index is 5.17. The fraction of sp³-hybridized carbons (Fsp3) is 0.273. The normalized spacial score (nSPS) is 25.0. The summed E-state index contributed by atoms with van der Waals surface area (Å²) >= 11 is 8.62. The average Bonchev–Trinajstić information content (AvgIpc) is 2.42. The monoisotopic (exact) mass is 282 g/mol. The molecule has 4 heteroatoms. The van der Waals surface area contributed by atoms with E-state index in [1.54, 1.807) is 0 Å². The molecule has 0 bridgehead atoms. The quantitative estimate of drug-likeness (QED) is 0.801. The highest BCUT2D eigenvalue weighted by Crippen LogP contribution is 2.28. The second-order valence-electron chi connectivity index (χ2n) is 3.73. The van der Waals surface area contributed by atoms with Crippen molar-refractivity contribution in [1.82, 2.24) is 5.32 Å². The molecule has 2 nitrogen and oxygen atoms in total. The van der Waals surface area contributed by atoms with Crippen LogP contribution in [0.1, 0.15) is 19.4 Å². The standard InChI is InChI=1S/C11H11BrN2S/c1-7-10(15)14-11(2,13-7)8-4-3-5-9(12)6-8/h3-6H,1-2H3,(H,14,15). The van der Waals surface area contributed by atoms with Crippen molar-refractivity contribution in [3.63, 3.8) is 0 Å². The number of halogens is 1. The van der Waals surface area contributed by atoms with Gasteiger partial charge in [-0.15, -0.1) is 0 Å². The third-order valence-electron chi connectivity index (χ3n) is 2.46. The van der Waals surface area contributed by atoms with Crippen LogP contribution in [-0.4, -0.2) is 10.7 Å². The van der Waals surface area contributed by atoms with Gasteiger partial charge in [-0.2, -0.15) is 0 Å². The first-order valence-electron chi connectivity index (χ1n) is 4.66. The Hall–Kier alpha value is -0.740. The molecule has 1 aromatic carbocycles. The smallest absolute Gasteiger partial charge is 0.153 e. The summed E-state index contributed by atoms with van der Waals surface area (Å²) < 4.78 is 1.05. The molecule has 0 amide bonds. The lowest BCUT2D eigenvalue weighted by Gasteiger charge is -2.22. The number of hydrogen-bond donors (Lipinski definition) is 1. The molecule has 78 valence electrons. The molecular formula is C11H11BrN2S. The van der Waals surface area contributed by atoms with Crippen LogP contribution in [0.2, 0.25) is 0 Å². The minimum absolute atomic E-state index is 0.412. The van der Waals surface area contributed by atoms with Crippen molar-refractivity contribution < 1.29 is 0 Å². The van der Waals surface area contributed by atoms with Gasteiger partial charge in [0, 0.05) is 10.0 Å². The minimum Gasteiger partial charge on any atom is -0.347 e. The summed E-state index contributed by atoms with van der Waals surface area (Å²) in [6, 6.07) is 8.09. The van der Waals surface area contributed by atoms with Gasteiger partial charge in [0.1, 0.15) is 4.99 Å². The van der Waals surface area contributed by atoms with Crippen molar-refractivity contribution in [1.29, 1.82) is 0 Å². The van der Waals surface area contributed by atoms with E-state index in [9.17, 15) is 0 Å². The predicted octanol–water partition coefficient (Wildman–Crippen LogP) is 3.01. The molecule has 0 radical (unpaired) electrons. The van der Waals surface area contributed by atoms with Crippen LogP contribution in [-0.2, 0) is 5.66 Å². The van der Waals surface area contributed by atoms with Crippen LogP contribution in [0.15, 0.2) is 33.7 Å². The lowest BCUT2D eigenvalue weighted by Crippen LogP contribution is -2.36. The highest BCUT2D eigenvalue weighted by Gasteiger charge is 2.32. The maximum absolute atomic E-state index is 5.17. The number of benzene rings is 1. The zero-order valence-electron chi connectivity index (χ0n) is 8.54. The van der Waals surface area contributed by atoms with Crippen LogP contribution < -0.4 is 5.32 Å².